The van der Waals surface area contributed by atoms with Crippen LogP contribution in [0, 0.1) is 5.41 Å². The van der Waals surface area contributed by atoms with Crippen LogP contribution < -0.4 is 0 Å². The molecule has 1 heterocycles. The quantitative estimate of drug-likeness (QED) is 0.680. The van der Waals surface area contributed by atoms with Crippen molar-refractivity contribution in [3.8, 4) is 0 Å². The number of halogens is 2. The first-order chi connectivity index (χ1) is 9.75. The highest BCUT2D eigenvalue weighted by Gasteiger charge is 2.24. The molecule has 1 N–H and O–H groups in total. The van der Waals surface area contributed by atoms with Crippen LogP contribution in [0.4, 0.5) is 0 Å². The first-order valence-corrected chi connectivity index (χ1v) is 8.78. The molecule has 2 aromatic rings. The van der Waals surface area contributed by atoms with E-state index in [4.69, 9.17) is 33.3 Å². The summed E-state index contributed by atoms with van der Waals surface area (Å²) in [5.41, 5.74) is 0.592. The van der Waals surface area contributed by atoms with E-state index in [1.165, 1.54) is 4.57 Å². The van der Waals surface area contributed by atoms with Crippen molar-refractivity contribution in [2.45, 2.75) is 18.4 Å². The van der Waals surface area contributed by atoms with Crippen molar-refractivity contribution in [2.24, 2.45) is 0 Å². The summed E-state index contributed by atoms with van der Waals surface area (Å²) in [7, 11) is -3.53. The number of aromatic nitrogens is 1. The number of fused-ring (bicyclic) bond motifs is 1. The first kappa shape index (κ1) is 16.1. The van der Waals surface area contributed by atoms with E-state index >= 15 is 0 Å². The predicted molar refractivity (Wildman–Crippen MR) is 84.4 cm³/mol. The maximum absolute atomic E-state index is 12.0. The largest absolute Gasteiger partial charge is 0.480 e. The minimum atomic E-state index is -3.53. The Hall–Kier alpha value is -1.24. The molecule has 114 valence electrons. The van der Waals surface area contributed by atoms with Gasteiger partial charge in [0.2, 0.25) is 5.90 Å². The number of hydrogen-bond acceptors (Lipinski definition) is 4. The van der Waals surface area contributed by atoms with Crippen LogP contribution in [0.2, 0.25) is 10.2 Å². The van der Waals surface area contributed by atoms with E-state index in [1.807, 2.05) is 0 Å². The highest BCUT2D eigenvalue weighted by atomic mass is 35.5. The van der Waals surface area contributed by atoms with Crippen LogP contribution in [0.1, 0.15) is 6.92 Å². The summed E-state index contributed by atoms with van der Waals surface area (Å²) in [6.45, 7) is 2.19. The average molecular weight is 349 g/mol. The number of ether oxygens (including phenoxy) is 1. The van der Waals surface area contributed by atoms with Crippen molar-refractivity contribution in [3.63, 3.8) is 0 Å². The zero-order valence-electron chi connectivity index (χ0n) is 11.5. The van der Waals surface area contributed by atoms with Crippen LogP contribution in [0.25, 0.3) is 10.9 Å². The van der Waals surface area contributed by atoms with E-state index in [1.54, 1.807) is 25.1 Å². The van der Waals surface area contributed by atoms with Crippen LogP contribution in [-0.4, -0.2) is 31.7 Å². The Morgan fingerprint density at radius 1 is 1.38 bits per heavy atom. The Labute approximate surface area is 132 Å². The minimum absolute atomic E-state index is 0.00583. The summed E-state index contributed by atoms with van der Waals surface area (Å²) in [6, 6.07) is 4.88. The molecule has 0 radical (unpaired) electrons. The summed E-state index contributed by atoms with van der Waals surface area (Å²) in [4.78, 5) is 0.0194. The van der Waals surface area contributed by atoms with Gasteiger partial charge in [-0.2, -0.15) is 0 Å². The molecule has 1 aromatic carbocycles. The maximum atomic E-state index is 12.0. The molecule has 2 rings (SSSR count). The SMILES string of the molecule is CCOC(=N)Cn1c(Cl)c(S(C)(=O)=O)c2cc(Cl)ccc21. The van der Waals surface area contributed by atoms with Gasteiger partial charge in [0.15, 0.2) is 9.84 Å². The molecule has 21 heavy (non-hydrogen) atoms. The van der Waals surface area contributed by atoms with Gasteiger partial charge in [-0.25, -0.2) is 8.42 Å². The van der Waals surface area contributed by atoms with Gasteiger partial charge in [0, 0.05) is 16.7 Å². The van der Waals surface area contributed by atoms with E-state index < -0.39 is 9.84 Å². The number of hydrogen-bond donors (Lipinski definition) is 1. The van der Waals surface area contributed by atoms with Crippen molar-refractivity contribution in [2.75, 3.05) is 12.9 Å². The molecule has 8 heteroatoms. The third-order valence-corrected chi connectivity index (χ3v) is 4.80. The van der Waals surface area contributed by atoms with Gasteiger partial charge < -0.3 is 9.30 Å². The first-order valence-electron chi connectivity index (χ1n) is 6.13. The van der Waals surface area contributed by atoms with Crippen molar-refractivity contribution >= 4 is 49.8 Å². The third-order valence-electron chi connectivity index (χ3n) is 2.91. The molecule has 0 aliphatic carbocycles. The van der Waals surface area contributed by atoms with Gasteiger partial charge in [-0.05, 0) is 25.1 Å². The number of benzene rings is 1. The molecule has 0 spiro atoms. The summed E-state index contributed by atoms with van der Waals surface area (Å²) >= 11 is 12.2. The lowest BCUT2D eigenvalue weighted by Crippen LogP contribution is -2.13. The van der Waals surface area contributed by atoms with E-state index in [2.05, 4.69) is 0 Å². The Balaban J connectivity index is 2.72. The second-order valence-electron chi connectivity index (χ2n) is 4.50. The monoisotopic (exact) mass is 348 g/mol. The molecule has 0 aliphatic rings. The van der Waals surface area contributed by atoms with Crippen LogP contribution in [0.5, 0.6) is 0 Å². The van der Waals surface area contributed by atoms with Crippen molar-refractivity contribution in [1.29, 1.82) is 5.41 Å². The molecule has 0 atom stereocenters. The zero-order chi connectivity index (χ0) is 15.8. The smallest absolute Gasteiger partial charge is 0.201 e. The topological polar surface area (TPSA) is 72.2 Å². The van der Waals surface area contributed by atoms with Gasteiger partial charge in [-0.1, -0.05) is 23.2 Å². The van der Waals surface area contributed by atoms with E-state index in [-0.39, 0.29) is 22.5 Å². The summed E-state index contributed by atoms with van der Waals surface area (Å²) < 4.78 is 30.6. The minimum Gasteiger partial charge on any atom is -0.480 e. The van der Waals surface area contributed by atoms with Crippen LogP contribution in [0.15, 0.2) is 23.1 Å². The Kier molecular flexibility index (Phi) is 4.51. The Morgan fingerprint density at radius 2 is 2.05 bits per heavy atom. The number of nitrogens with one attached hydrogen (secondary N) is 1. The normalized spacial score (nSPS) is 11.8. The second-order valence-corrected chi connectivity index (χ2v) is 7.24. The fourth-order valence-electron chi connectivity index (χ4n) is 2.14. The summed E-state index contributed by atoms with van der Waals surface area (Å²) in [5, 5.41) is 8.64. The van der Waals surface area contributed by atoms with Gasteiger partial charge >= 0.3 is 0 Å². The molecule has 0 saturated heterocycles. The van der Waals surface area contributed by atoms with E-state index in [9.17, 15) is 8.42 Å². The van der Waals surface area contributed by atoms with Gasteiger partial charge in [0.1, 0.15) is 10.0 Å². The standard InChI is InChI=1S/C13H14Cl2N2O3S/c1-3-20-11(16)7-17-10-5-4-8(14)6-9(10)12(13(17)15)21(2,18)19/h4-6,16H,3,7H2,1-2H3. The number of rotatable bonds is 4. The Bertz CT molecular complexity index is 812. The van der Waals surface area contributed by atoms with Crippen molar-refractivity contribution < 1.29 is 13.2 Å². The molecular weight excluding hydrogens is 335 g/mol. The van der Waals surface area contributed by atoms with Crippen molar-refractivity contribution in [1.82, 2.24) is 4.57 Å². The molecule has 0 saturated carbocycles. The highest BCUT2D eigenvalue weighted by molar-refractivity contribution is 7.91. The highest BCUT2D eigenvalue weighted by Crippen LogP contribution is 2.35. The van der Waals surface area contributed by atoms with Gasteiger partial charge in [-0.15, -0.1) is 0 Å². The molecule has 5 nitrogen and oxygen atoms in total. The van der Waals surface area contributed by atoms with Crippen LogP contribution in [0.3, 0.4) is 0 Å². The zero-order valence-corrected chi connectivity index (χ0v) is 13.8. The lowest BCUT2D eigenvalue weighted by molar-refractivity contribution is 0.311. The molecular formula is C13H14Cl2N2O3S. The summed E-state index contributed by atoms with van der Waals surface area (Å²) in [5.74, 6) is 0.00583. The van der Waals surface area contributed by atoms with Crippen LogP contribution in [-0.2, 0) is 21.1 Å². The lowest BCUT2D eigenvalue weighted by Gasteiger charge is -2.09. The van der Waals surface area contributed by atoms with Gasteiger partial charge in [0.05, 0.1) is 18.7 Å². The van der Waals surface area contributed by atoms with E-state index in [0.29, 0.717) is 22.5 Å². The van der Waals surface area contributed by atoms with Gasteiger partial charge in [0.25, 0.3) is 0 Å². The maximum Gasteiger partial charge on any atom is 0.201 e. The fourth-order valence-corrected chi connectivity index (χ4v) is 3.96. The number of nitrogens with zero attached hydrogens (tertiary/aromatic N) is 1. The molecule has 0 unspecified atom stereocenters. The molecule has 0 fully saturated rings. The Morgan fingerprint density at radius 3 is 2.62 bits per heavy atom. The fraction of sp³-hybridized carbons (Fsp3) is 0.308. The molecule has 0 aliphatic heterocycles. The lowest BCUT2D eigenvalue weighted by atomic mass is 10.2. The molecule has 0 amide bonds. The average Bonchev–Trinajstić information content (AvgIpc) is 2.61. The van der Waals surface area contributed by atoms with Crippen LogP contribution >= 0.6 is 23.2 Å². The van der Waals surface area contributed by atoms with Gasteiger partial charge in [-0.3, -0.25) is 5.41 Å². The predicted octanol–water partition coefficient (Wildman–Crippen LogP) is 3.37. The van der Waals surface area contributed by atoms with Crippen molar-refractivity contribution in [3.05, 3.63) is 28.4 Å². The van der Waals surface area contributed by atoms with E-state index in [0.717, 1.165) is 6.26 Å². The second kappa shape index (κ2) is 5.87. The molecule has 0 bridgehead atoms. The molecule has 1 aromatic heterocycles. The number of sulfone groups is 1. The third kappa shape index (κ3) is 3.17. The summed E-state index contributed by atoms with van der Waals surface area (Å²) in [6.07, 6.45) is 1.09.